The topological polar surface area (TPSA) is 9.23 Å². The molecule has 0 aromatic rings. The first-order valence-corrected chi connectivity index (χ1v) is 8.12. The monoisotopic (exact) mass is 264 g/mol. The highest BCUT2D eigenvalue weighted by Crippen LogP contribution is 2.35. The van der Waals surface area contributed by atoms with E-state index in [9.17, 15) is 0 Å². The molecule has 1 aliphatic carbocycles. The Kier molecular flexibility index (Phi) is 7.93. The second-order valence-corrected chi connectivity index (χ2v) is 6.40. The Morgan fingerprint density at radius 3 is 2.68 bits per heavy atom. The molecule has 0 saturated heterocycles. The highest BCUT2D eigenvalue weighted by molar-refractivity contribution is 5.00. The van der Waals surface area contributed by atoms with E-state index in [1.165, 1.54) is 38.5 Å². The number of unbranched alkanes of at least 4 members (excludes halogenated alkanes) is 2. The molecule has 0 amide bonds. The van der Waals surface area contributed by atoms with Gasteiger partial charge in [0.05, 0.1) is 6.26 Å². The Labute approximate surface area is 120 Å². The lowest BCUT2D eigenvalue weighted by Crippen LogP contribution is -2.33. The summed E-state index contributed by atoms with van der Waals surface area (Å²) in [5, 5.41) is 0. The summed E-state index contributed by atoms with van der Waals surface area (Å²) in [4.78, 5) is 0. The van der Waals surface area contributed by atoms with Gasteiger partial charge in [0.2, 0.25) is 0 Å². The van der Waals surface area contributed by atoms with Gasteiger partial charge in [-0.25, -0.2) is 0 Å². The fourth-order valence-electron chi connectivity index (χ4n) is 2.96. The van der Waals surface area contributed by atoms with Crippen LogP contribution in [0.1, 0.15) is 66.2 Å². The van der Waals surface area contributed by atoms with E-state index >= 15 is 0 Å². The van der Waals surface area contributed by atoms with E-state index in [1.807, 2.05) is 12.3 Å². The van der Waals surface area contributed by atoms with Crippen LogP contribution in [0.2, 0.25) is 0 Å². The third kappa shape index (κ3) is 6.31. The number of hydrogen-bond acceptors (Lipinski definition) is 1. The van der Waals surface area contributed by atoms with Crippen molar-refractivity contribution in [2.75, 3.05) is 0 Å². The van der Waals surface area contributed by atoms with Gasteiger partial charge in [-0.15, -0.1) is 0 Å². The van der Waals surface area contributed by atoms with E-state index in [0.717, 1.165) is 17.8 Å². The second kappa shape index (κ2) is 9.23. The molecule has 0 N–H and O–H groups in total. The van der Waals surface area contributed by atoms with E-state index in [4.69, 9.17) is 4.74 Å². The maximum Gasteiger partial charge on any atom is 0.101 e. The third-order valence-electron chi connectivity index (χ3n) is 4.26. The van der Waals surface area contributed by atoms with Gasteiger partial charge in [0.15, 0.2) is 0 Å². The molecule has 0 heterocycles. The molecule has 0 bridgehead atoms. The third-order valence-corrected chi connectivity index (χ3v) is 4.26. The van der Waals surface area contributed by atoms with Crippen LogP contribution < -0.4 is 0 Å². The molecule has 110 valence electrons. The molecule has 1 fully saturated rings. The molecular weight excluding hydrogens is 232 g/mol. The molecule has 1 saturated carbocycles. The Bertz CT molecular complexity index is 277. The first-order chi connectivity index (χ1) is 9.15. The zero-order chi connectivity index (χ0) is 14.1. The van der Waals surface area contributed by atoms with E-state index in [2.05, 4.69) is 39.8 Å². The summed E-state index contributed by atoms with van der Waals surface area (Å²) in [5.41, 5.74) is 0. The summed E-state index contributed by atoms with van der Waals surface area (Å²) >= 11 is 0. The zero-order valence-corrected chi connectivity index (χ0v) is 13.3. The van der Waals surface area contributed by atoms with Gasteiger partial charge in [-0.3, -0.25) is 0 Å². The van der Waals surface area contributed by atoms with Crippen molar-refractivity contribution < 1.29 is 4.74 Å². The molecule has 19 heavy (non-hydrogen) atoms. The summed E-state index contributed by atoms with van der Waals surface area (Å²) in [5.74, 6) is 2.27. The standard InChI is InChI=1S/C18H32O/c1-5-6-7-8-9-10-13-19-18-14-16(4)11-12-17(18)15(2)3/h8-10,13,15-18H,5-7,11-12,14H2,1-4H3/b9-8+,13-10-/t16-,17+,18-/m1/s1. The minimum atomic E-state index is 0.420. The Balaban J connectivity index is 2.35. The van der Waals surface area contributed by atoms with Gasteiger partial charge in [0.25, 0.3) is 0 Å². The summed E-state index contributed by atoms with van der Waals surface area (Å²) in [6, 6.07) is 0. The van der Waals surface area contributed by atoms with Gasteiger partial charge < -0.3 is 4.74 Å². The molecule has 0 spiro atoms. The van der Waals surface area contributed by atoms with Crippen molar-refractivity contribution in [2.24, 2.45) is 17.8 Å². The molecule has 0 aliphatic heterocycles. The Hall–Kier alpha value is -0.720. The minimum absolute atomic E-state index is 0.420. The molecule has 1 nitrogen and oxygen atoms in total. The molecule has 3 atom stereocenters. The molecule has 1 rings (SSSR count). The number of allylic oxidation sites excluding steroid dienone is 3. The van der Waals surface area contributed by atoms with Crippen LogP contribution >= 0.6 is 0 Å². The van der Waals surface area contributed by atoms with Gasteiger partial charge in [0, 0.05) is 0 Å². The van der Waals surface area contributed by atoms with Crippen LogP contribution in [-0.2, 0) is 4.74 Å². The lowest BCUT2D eigenvalue weighted by atomic mass is 9.75. The van der Waals surface area contributed by atoms with Crippen molar-refractivity contribution in [1.29, 1.82) is 0 Å². The van der Waals surface area contributed by atoms with Crippen LogP contribution in [0.3, 0.4) is 0 Å². The maximum atomic E-state index is 6.00. The normalized spacial score (nSPS) is 28.6. The van der Waals surface area contributed by atoms with Gasteiger partial charge in [0.1, 0.15) is 6.10 Å². The lowest BCUT2D eigenvalue weighted by molar-refractivity contribution is 0.0136. The second-order valence-electron chi connectivity index (χ2n) is 6.40. The predicted molar refractivity (Wildman–Crippen MR) is 84.0 cm³/mol. The highest BCUT2D eigenvalue weighted by atomic mass is 16.5. The summed E-state index contributed by atoms with van der Waals surface area (Å²) in [6.07, 6.45) is 16.3. The first kappa shape index (κ1) is 16.3. The molecular formula is C18H32O. The molecule has 1 heteroatoms. The van der Waals surface area contributed by atoms with E-state index in [-0.39, 0.29) is 0 Å². The van der Waals surface area contributed by atoms with Crippen LogP contribution in [0.5, 0.6) is 0 Å². The molecule has 1 aliphatic rings. The van der Waals surface area contributed by atoms with Crippen molar-refractivity contribution in [1.82, 2.24) is 0 Å². The Morgan fingerprint density at radius 1 is 1.21 bits per heavy atom. The fourth-order valence-corrected chi connectivity index (χ4v) is 2.96. The van der Waals surface area contributed by atoms with Crippen LogP contribution in [0.15, 0.2) is 24.5 Å². The van der Waals surface area contributed by atoms with Crippen LogP contribution in [0.4, 0.5) is 0 Å². The predicted octanol–water partition coefficient (Wildman–Crippen LogP) is 5.72. The minimum Gasteiger partial charge on any atom is -0.498 e. The lowest BCUT2D eigenvalue weighted by Gasteiger charge is -2.36. The molecule has 0 aromatic carbocycles. The summed E-state index contributed by atoms with van der Waals surface area (Å²) in [6.45, 7) is 9.22. The number of ether oxygens (including phenoxy) is 1. The van der Waals surface area contributed by atoms with E-state index in [0.29, 0.717) is 6.10 Å². The van der Waals surface area contributed by atoms with Crippen molar-refractivity contribution in [3.63, 3.8) is 0 Å². The average molecular weight is 264 g/mol. The zero-order valence-electron chi connectivity index (χ0n) is 13.3. The van der Waals surface area contributed by atoms with Crippen molar-refractivity contribution in [3.05, 3.63) is 24.5 Å². The van der Waals surface area contributed by atoms with Gasteiger partial charge >= 0.3 is 0 Å². The van der Waals surface area contributed by atoms with Gasteiger partial charge in [-0.05, 0) is 43.1 Å². The first-order valence-electron chi connectivity index (χ1n) is 8.12. The number of hydrogen-bond donors (Lipinski definition) is 0. The highest BCUT2D eigenvalue weighted by Gasteiger charge is 2.31. The SMILES string of the molecule is CCCC/C=C/C=C\O[C@@H]1C[C@H](C)CC[C@H]1C(C)C. The fraction of sp³-hybridized carbons (Fsp3) is 0.778. The van der Waals surface area contributed by atoms with Gasteiger partial charge in [-0.1, -0.05) is 59.1 Å². The summed E-state index contributed by atoms with van der Waals surface area (Å²) < 4.78 is 6.00. The van der Waals surface area contributed by atoms with Crippen LogP contribution in [-0.4, -0.2) is 6.10 Å². The van der Waals surface area contributed by atoms with Crippen molar-refractivity contribution >= 4 is 0 Å². The molecule has 0 radical (unpaired) electrons. The van der Waals surface area contributed by atoms with Crippen molar-refractivity contribution in [3.8, 4) is 0 Å². The van der Waals surface area contributed by atoms with E-state index < -0.39 is 0 Å². The largest absolute Gasteiger partial charge is 0.498 e. The smallest absolute Gasteiger partial charge is 0.101 e. The summed E-state index contributed by atoms with van der Waals surface area (Å²) in [7, 11) is 0. The van der Waals surface area contributed by atoms with Gasteiger partial charge in [-0.2, -0.15) is 0 Å². The maximum absolute atomic E-state index is 6.00. The number of rotatable bonds is 7. The average Bonchev–Trinajstić information content (AvgIpc) is 2.37. The molecule has 0 aromatic heterocycles. The molecule has 0 unspecified atom stereocenters. The van der Waals surface area contributed by atoms with Crippen LogP contribution in [0, 0.1) is 17.8 Å². The quantitative estimate of drug-likeness (QED) is 0.324. The Morgan fingerprint density at radius 2 is 2.00 bits per heavy atom. The van der Waals surface area contributed by atoms with E-state index in [1.54, 1.807) is 0 Å². The van der Waals surface area contributed by atoms with Crippen LogP contribution in [0.25, 0.3) is 0 Å². The van der Waals surface area contributed by atoms with Crippen molar-refractivity contribution in [2.45, 2.75) is 72.3 Å².